The molecule has 0 aliphatic rings. The molecule has 4 rings (SSSR count). The van der Waals surface area contributed by atoms with Crippen LogP contribution >= 0.6 is 58.2 Å². The van der Waals surface area contributed by atoms with Crippen molar-refractivity contribution in [1.82, 2.24) is 0 Å². The molecule has 0 bridgehead atoms. The Morgan fingerprint density at radius 1 is 0.721 bits per heavy atom. The third-order valence-corrected chi connectivity index (χ3v) is 8.84. The van der Waals surface area contributed by atoms with Gasteiger partial charge in [0.1, 0.15) is 10.9 Å². The molecule has 222 valence electrons. The Bertz CT molecular complexity index is 1740. The fourth-order valence-electron chi connectivity index (χ4n) is 3.76. The summed E-state index contributed by atoms with van der Waals surface area (Å²) >= 11 is 25.0. The number of anilines is 2. The van der Waals surface area contributed by atoms with Crippen molar-refractivity contribution in [1.29, 1.82) is 0 Å². The molecular weight excluding hydrogens is 678 g/mol. The van der Waals surface area contributed by atoms with Crippen molar-refractivity contribution in [3.8, 4) is 0 Å². The molecule has 0 aliphatic carbocycles. The fraction of sp³-hybridized carbons (Fsp3) is 0.0357. The minimum atomic E-state index is -1.77. The predicted molar refractivity (Wildman–Crippen MR) is 158 cm³/mol. The summed E-state index contributed by atoms with van der Waals surface area (Å²) in [6, 6.07) is 13.8. The van der Waals surface area contributed by atoms with Crippen molar-refractivity contribution in [3.63, 3.8) is 0 Å². The van der Waals surface area contributed by atoms with E-state index < -0.39 is 73.2 Å². The number of carboxylic acids is 1. The molecule has 1 unspecified atom stereocenters. The van der Waals surface area contributed by atoms with Crippen molar-refractivity contribution in [3.05, 3.63) is 121 Å². The standard InChI is InChI=1S/C28H14Cl4F4N2O4S/c29-18-16(17(28(41)42)19(30)21(32)20(18)31)26(39)37-12-6-8-13(9-7-12)43-25(11-4-2-1-3-5-11)27(40)38-24-22(35)14(33)10-15(34)23(24)36/h1-10,25H,(H,37,39)(H,38,40)(H,41,42). The largest absolute Gasteiger partial charge is 0.478 e. The van der Waals surface area contributed by atoms with E-state index in [1.807, 2.05) is 5.32 Å². The summed E-state index contributed by atoms with van der Waals surface area (Å²) in [5.41, 5.74) is -1.89. The summed E-state index contributed by atoms with van der Waals surface area (Å²) in [6.07, 6.45) is 0. The zero-order valence-electron chi connectivity index (χ0n) is 21.0. The number of thioether (sulfide) groups is 1. The van der Waals surface area contributed by atoms with Crippen molar-refractivity contribution < 1.29 is 37.1 Å². The highest BCUT2D eigenvalue weighted by atomic mass is 35.5. The van der Waals surface area contributed by atoms with E-state index in [1.54, 1.807) is 30.3 Å². The third-order valence-electron chi connectivity index (χ3n) is 5.77. The molecule has 2 amide bonds. The lowest BCUT2D eigenvalue weighted by atomic mass is 10.1. The number of hydrogen-bond donors (Lipinski definition) is 3. The van der Waals surface area contributed by atoms with Crippen LogP contribution in [0.2, 0.25) is 20.1 Å². The highest BCUT2D eigenvalue weighted by Gasteiger charge is 2.30. The van der Waals surface area contributed by atoms with Crippen molar-refractivity contribution in [2.45, 2.75) is 10.1 Å². The summed E-state index contributed by atoms with van der Waals surface area (Å²) in [7, 11) is 0. The Morgan fingerprint density at radius 3 is 1.79 bits per heavy atom. The minimum Gasteiger partial charge on any atom is -0.478 e. The van der Waals surface area contributed by atoms with Gasteiger partial charge in [0.2, 0.25) is 5.91 Å². The molecule has 0 spiro atoms. The van der Waals surface area contributed by atoms with Crippen molar-refractivity contribution in [2.24, 2.45) is 0 Å². The number of hydrogen-bond acceptors (Lipinski definition) is 4. The van der Waals surface area contributed by atoms with Gasteiger partial charge in [0.15, 0.2) is 23.3 Å². The number of carboxylic acid groups (broad SMARTS) is 1. The summed E-state index contributed by atoms with van der Waals surface area (Å²) in [5, 5.41) is 11.3. The van der Waals surface area contributed by atoms with E-state index in [2.05, 4.69) is 5.32 Å². The van der Waals surface area contributed by atoms with E-state index >= 15 is 0 Å². The first-order valence-electron chi connectivity index (χ1n) is 11.7. The van der Waals surface area contributed by atoms with E-state index in [-0.39, 0.29) is 21.8 Å². The van der Waals surface area contributed by atoms with Gasteiger partial charge in [0.25, 0.3) is 5.91 Å². The highest BCUT2D eigenvalue weighted by Crippen LogP contribution is 2.42. The number of aromatic carboxylic acids is 1. The summed E-state index contributed by atoms with van der Waals surface area (Å²) in [5.74, 6) is -10.4. The van der Waals surface area contributed by atoms with Crippen LogP contribution in [0, 0.1) is 23.3 Å². The monoisotopic (exact) mass is 690 g/mol. The number of rotatable bonds is 8. The molecule has 0 saturated carbocycles. The van der Waals surface area contributed by atoms with Gasteiger partial charge in [0.05, 0.1) is 31.2 Å². The SMILES string of the molecule is O=C(O)c1c(Cl)c(Cl)c(Cl)c(Cl)c1C(=O)Nc1ccc(SC(C(=O)Nc2c(F)c(F)cc(F)c2F)c2ccccc2)cc1. The van der Waals surface area contributed by atoms with Crippen LogP contribution in [0.1, 0.15) is 31.5 Å². The number of amides is 2. The molecule has 6 nitrogen and oxygen atoms in total. The third kappa shape index (κ3) is 6.86. The topological polar surface area (TPSA) is 95.5 Å². The number of carbonyl (C=O) groups is 3. The van der Waals surface area contributed by atoms with Crippen LogP contribution in [-0.2, 0) is 4.79 Å². The second-order valence-electron chi connectivity index (χ2n) is 8.53. The highest BCUT2D eigenvalue weighted by molar-refractivity contribution is 8.00. The maximum atomic E-state index is 14.2. The van der Waals surface area contributed by atoms with Crippen molar-refractivity contribution in [2.75, 3.05) is 10.6 Å². The molecule has 1 atom stereocenters. The summed E-state index contributed by atoms with van der Waals surface area (Å²) in [4.78, 5) is 38.4. The van der Waals surface area contributed by atoms with E-state index in [0.29, 0.717) is 10.5 Å². The Hall–Kier alpha value is -3.48. The number of carbonyl (C=O) groups excluding carboxylic acids is 2. The van der Waals surface area contributed by atoms with E-state index in [4.69, 9.17) is 46.4 Å². The molecule has 0 fully saturated rings. The fourth-order valence-corrected chi connectivity index (χ4v) is 5.81. The number of benzene rings is 4. The van der Waals surface area contributed by atoms with Gasteiger partial charge in [-0.15, -0.1) is 11.8 Å². The average molecular weight is 692 g/mol. The quantitative estimate of drug-likeness (QED) is 0.0741. The van der Waals surface area contributed by atoms with E-state index in [0.717, 1.165) is 11.8 Å². The first-order chi connectivity index (χ1) is 20.3. The second-order valence-corrected chi connectivity index (χ2v) is 11.2. The van der Waals surface area contributed by atoms with Crippen LogP contribution < -0.4 is 10.6 Å². The van der Waals surface area contributed by atoms with Crippen LogP contribution in [-0.4, -0.2) is 22.9 Å². The maximum Gasteiger partial charge on any atom is 0.338 e. The Balaban J connectivity index is 1.60. The lowest BCUT2D eigenvalue weighted by Gasteiger charge is -2.18. The van der Waals surface area contributed by atoms with Gasteiger partial charge in [-0.2, -0.15) is 0 Å². The zero-order valence-corrected chi connectivity index (χ0v) is 24.8. The molecule has 0 saturated heterocycles. The minimum absolute atomic E-state index is 0.0244. The smallest absolute Gasteiger partial charge is 0.338 e. The molecule has 43 heavy (non-hydrogen) atoms. The Morgan fingerprint density at radius 2 is 1.26 bits per heavy atom. The first kappa shape index (κ1) is 32.4. The number of halogens is 8. The zero-order chi connectivity index (χ0) is 31.6. The van der Waals surface area contributed by atoms with Gasteiger partial charge in [-0.1, -0.05) is 76.7 Å². The Kier molecular flexibility index (Phi) is 10.1. The molecular formula is C28H14Cl4F4N2O4S. The van der Waals surface area contributed by atoms with Crippen LogP contribution in [0.3, 0.4) is 0 Å². The van der Waals surface area contributed by atoms with E-state index in [1.165, 1.54) is 24.3 Å². The van der Waals surface area contributed by atoms with Gasteiger partial charge in [-0.05, 0) is 29.8 Å². The van der Waals surface area contributed by atoms with E-state index in [9.17, 15) is 37.1 Å². The van der Waals surface area contributed by atoms with Gasteiger partial charge in [-0.3, -0.25) is 9.59 Å². The lowest BCUT2D eigenvalue weighted by molar-refractivity contribution is -0.115. The molecule has 0 radical (unpaired) electrons. The summed E-state index contributed by atoms with van der Waals surface area (Å²) < 4.78 is 55.8. The maximum absolute atomic E-state index is 14.2. The lowest BCUT2D eigenvalue weighted by Crippen LogP contribution is -2.21. The first-order valence-corrected chi connectivity index (χ1v) is 14.1. The van der Waals surface area contributed by atoms with Crippen LogP contribution in [0.4, 0.5) is 28.9 Å². The van der Waals surface area contributed by atoms with Gasteiger partial charge in [0, 0.05) is 16.6 Å². The normalized spacial score (nSPS) is 11.6. The molecule has 4 aromatic rings. The molecule has 3 N–H and O–H groups in total. The Labute approximate surface area is 264 Å². The van der Waals surface area contributed by atoms with Crippen molar-refractivity contribution >= 4 is 87.3 Å². The summed E-state index contributed by atoms with van der Waals surface area (Å²) in [6.45, 7) is 0. The molecule has 0 heterocycles. The molecule has 15 heteroatoms. The van der Waals surface area contributed by atoms with Crippen LogP contribution in [0.25, 0.3) is 0 Å². The average Bonchev–Trinajstić information content (AvgIpc) is 2.98. The predicted octanol–water partition coefficient (Wildman–Crippen LogP) is 9.28. The van der Waals surface area contributed by atoms with Gasteiger partial charge >= 0.3 is 5.97 Å². The second kappa shape index (κ2) is 13.4. The van der Waals surface area contributed by atoms with Crippen LogP contribution in [0.5, 0.6) is 0 Å². The molecule has 0 aliphatic heterocycles. The number of nitrogens with one attached hydrogen (secondary N) is 2. The van der Waals surface area contributed by atoms with Gasteiger partial charge < -0.3 is 15.7 Å². The van der Waals surface area contributed by atoms with Gasteiger partial charge in [-0.25, -0.2) is 22.4 Å². The van der Waals surface area contributed by atoms with Crippen LogP contribution in [0.15, 0.2) is 65.6 Å². The molecule has 4 aromatic carbocycles. The molecule has 0 aromatic heterocycles.